The minimum Gasteiger partial charge on any atom is -0.312 e. The van der Waals surface area contributed by atoms with Crippen LogP contribution >= 0.6 is 11.3 Å². The molecule has 0 saturated carbocycles. The van der Waals surface area contributed by atoms with Crippen LogP contribution in [0.1, 0.15) is 39.0 Å². The summed E-state index contributed by atoms with van der Waals surface area (Å²) in [4.78, 5) is 4.19. The Kier molecular flexibility index (Phi) is 5.04. The molecule has 19 heavy (non-hydrogen) atoms. The average molecular weight is 280 g/mol. The summed E-state index contributed by atoms with van der Waals surface area (Å²) in [6.45, 7) is 13.0. The molecule has 1 aromatic rings. The molecule has 1 aliphatic heterocycles. The lowest BCUT2D eigenvalue weighted by atomic mass is 9.86. The van der Waals surface area contributed by atoms with Crippen molar-refractivity contribution in [1.29, 1.82) is 0 Å². The van der Waals surface area contributed by atoms with Crippen LogP contribution in [0, 0.1) is 5.41 Å². The fourth-order valence-corrected chi connectivity index (χ4v) is 3.60. The Balaban J connectivity index is 1.97. The van der Waals surface area contributed by atoms with Crippen LogP contribution in [0.2, 0.25) is 0 Å². The molecule has 2 nitrogen and oxygen atoms in total. The van der Waals surface area contributed by atoms with Crippen molar-refractivity contribution in [1.82, 2.24) is 10.2 Å². The van der Waals surface area contributed by atoms with Crippen molar-refractivity contribution >= 4 is 11.3 Å². The molecule has 1 aliphatic rings. The minimum atomic E-state index is 0.339. The van der Waals surface area contributed by atoms with E-state index in [9.17, 15) is 0 Å². The third kappa shape index (κ3) is 4.30. The molecular weight excluding hydrogens is 252 g/mol. The topological polar surface area (TPSA) is 15.3 Å². The molecule has 1 aromatic heterocycles. The molecule has 0 amide bonds. The molecule has 0 aliphatic carbocycles. The number of thiophene rings is 1. The monoisotopic (exact) mass is 280 g/mol. The normalized spacial score (nSPS) is 24.1. The fourth-order valence-electron chi connectivity index (χ4n) is 2.78. The van der Waals surface area contributed by atoms with Crippen molar-refractivity contribution in [2.45, 2.75) is 52.6 Å². The number of rotatable bonds is 3. The van der Waals surface area contributed by atoms with E-state index >= 15 is 0 Å². The van der Waals surface area contributed by atoms with Gasteiger partial charge >= 0.3 is 0 Å². The van der Waals surface area contributed by atoms with E-state index in [-0.39, 0.29) is 0 Å². The predicted molar refractivity (Wildman–Crippen MR) is 84.9 cm³/mol. The van der Waals surface area contributed by atoms with Crippen LogP contribution in [-0.2, 0) is 6.42 Å². The van der Waals surface area contributed by atoms with Gasteiger partial charge in [0.1, 0.15) is 0 Å². The highest BCUT2D eigenvalue weighted by atomic mass is 32.1. The van der Waals surface area contributed by atoms with Gasteiger partial charge in [0.2, 0.25) is 0 Å². The Morgan fingerprint density at radius 3 is 2.89 bits per heavy atom. The van der Waals surface area contributed by atoms with E-state index in [1.807, 2.05) is 11.3 Å². The van der Waals surface area contributed by atoms with Gasteiger partial charge in [0, 0.05) is 23.5 Å². The van der Waals surface area contributed by atoms with Crippen LogP contribution in [0.3, 0.4) is 0 Å². The first-order valence-corrected chi connectivity index (χ1v) is 8.34. The molecule has 0 aromatic carbocycles. The number of hydrogen-bond acceptors (Lipinski definition) is 3. The lowest BCUT2D eigenvalue weighted by molar-refractivity contribution is 0.161. The van der Waals surface area contributed by atoms with Gasteiger partial charge in [-0.2, -0.15) is 0 Å². The summed E-state index contributed by atoms with van der Waals surface area (Å²) < 4.78 is 0. The van der Waals surface area contributed by atoms with Gasteiger partial charge in [-0.1, -0.05) is 26.8 Å². The van der Waals surface area contributed by atoms with E-state index in [0.717, 1.165) is 6.54 Å². The van der Waals surface area contributed by atoms with E-state index in [1.165, 1.54) is 30.8 Å². The highest BCUT2D eigenvalue weighted by Crippen LogP contribution is 2.23. The number of hydrogen-bond donors (Lipinski definition) is 1. The molecule has 0 bridgehead atoms. The Morgan fingerprint density at radius 1 is 1.47 bits per heavy atom. The maximum absolute atomic E-state index is 3.73. The molecule has 1 N–H and O–H groups in total. The molecule has 0 radical (unpaired) electrons. The summed E-state index contributed by atoms with van der Waals surface area (Å²) in [5.41, 5.74) is 0.339. The van der Waals surface area contributed by atoms with Gasteiger partial charge in [-0.15, -0.1) is 11.3 Å². The van der Waals surface area contributed by atoms with E-state index in [0.29, 0.717) is 17.5 Å². The first kappa shape index (κ1) is 15.0. The molecule has 0 spiro atoms. The van der Waals surface area contributed by atoms with Crippen LogP contribution in [-0.4, -0.2) is 36.6 Å². The van der Waals surface area contributed by atoms with Gasteiger partial charge in [-0.3, -0.25) is 4.90 Å². The first-order chi connectivity index (χ1) is 8.97. The van der Waals surface area contributed by atoms with Crippen molar-refractivity contribution in [3.63, 3.8) is 0 Å². The van der Waals surface area contributed by atoms with Gasteiger partial charge in [0.25, 0.3) is 0 Å². The van der Waals surface area contributed by atoms with Gasteiger partial charge in [0.15, 0.2) is 0 Å². The van der Waals surface area contributed by atoms with Crippen molar-refractivity contribution in [2.24, 2.45) is 5.41 Å². The van der Waals surface area contributed by atoms with Crippen molar-refractivity contribution < 1.29 is 0 Å². The Bertz CT molecular complexity index is 367. The largest absolute Gasteiger partial charge is 0.312 e. The summed E-state index contributed by atoms with van der Waals surface area (Å²) in [5, 5.41) is 5.91. The first-order valence-electron chi connectivity index (χ1n) is 7.46. The molecule has 1 fully saturated rings. The summed E-state index contributed by atoms with van der Waals surface area (Å²) in [5.74, 6) is 0. The third-order valence-corrected chi connectivity index (χ3v) is 5.07. The fraction of sp³-hybridized carbons (Fsp3) is 0.750. The second kappa shape index (κ2) is 6.38. The van der Waals surface area contributed by atoms with Gasteiger partial charge in [-0.25, -0.2) is 0 Å². The Labute approximate surface area is 122 Å². The number of nitrogens with zero attached hydrogens (tertiary/aromatic N) is 1. The SMILES string of the molecule is CC(Cc1cccs1)N1CCCNC(C(C)(C)C)C1. The summed E-state index contributed by atoms with van der Waals surface area (Å²) >= 11 is 1.88. The maximum atomic E-state index is 3.73. The maximum Gasteiger partial charge on any atom is 0.0243 e. The van der Waals surface area contributed by atoms with Crippen LogP contribution in [0.4, 0.5) is 0 Å². The lowest BCUT2D eigenvalue weighted by Gasteiger charge is -2.36. The van der Waals surface area contributed by atoms with Crippen LogP contribution < -0.4 is 5.32 Å². The van der Waals surface area contributed by atoms with Crippen LogP contribution in [0.25, 0.3) is 0 Å². The summed E-state index contributed by atoms with van der Waals surface area (Å²) in [7, 11) is 0. The molecule has 1 saturated heterocycles. The van der Waals surface area contributed by atoms with E-state index in [4.69, 9.17) is 0 Å². The van der Waals surface area contributed by atoms with Gasteiger partial charge < -0.3 is 5.32 Å². The molecule has 3 heteroatoms. The summed E-state index contributed by atoms with van der Waals surface area (Å²) in [6.07, 6.45) is 2.45. The quantitative estimate of drug-likeness (QED) is 0.913. The molecule has 2 unspecified atom stereocenters. The van der Waals surface area contributed by atoms with Crippen molar-refractivity contribution in [3.8, 4) is 0 Å². The lowest BCUT2D eigenvalue weighted by Crippen LogP contribution is -2.48. The Hall–Kier alpha value is -0.380. The van der Waals surface area contributed by atoms with Crippen molar-refractivity contribution in [3.05, 3.63) is 22.4 Å². The molecule has 2 heterocycles. The zero-order chi connectivity index (χ0) is 13.9. The molecule has 2 rings (SSSR count). The second-order valence-corrected chi connectivity index (χ2v) is 7.89. The van der Waals surface area contributed by atoms with Crippen LogP contribution in [0.5, 0.6) is 0 Å². The van der Waals surface area contributed by atoms with Crippen molar-refractivity contribution in [2.75, 3.05) is 19.6 Å². The van der Waals surface area contributed by atoms with Gasteiger partial charge in [-0.05, 0) is 49.7 Å². The molecule has 2 atom stereocenters. The molecular formula is C16H28N2S. The summed E-state index contributed by atoms with van der Waals surface area (Å²) in [6, 6.07) is 5.66. The third-order valence-electron chi connectivity index (χ3n) is 4.18. The zero-order valence-corrected chi connectivity index (χ0v) is 13.6. The number of nitrogens with one attached hydrogen (secondary N) is 1. The highest BCUT2D eigenvalue weighted by Gasteiger charge is 2.29. The smallest absolute Gasteiger partial charge is 0.0243 e. The van der Waals surface area contributed by atoms with E-state index < -0.39 is 0 Å². The van der Waals surface area contributed by atoms with Gasteiger partial charge in [0.05, 0.1) is 0 Å². The molecule has 108 valence electrons. The average Bonchev–Trinajstić information content (AvgIpc) is 2.69. The zero-order valence-electron chi connectivity index (χ0n) is 12.8. The predicted octanol–water partition coefficient (Wildman–Crippen LogP) is 3.39. The standard InChI is InChI=1S/C16H28N2S/c1-13(11-14-7-5-10-19-14)18-9-6-8-17-15(12-18)16(2,3)4/h5,7,10,13,15,17H,6,8-9,11-12H2,1-4H3. The highest BCUT2D eigenvalue weighted by molar-refractivity contribution is 7.09. The van der Waals surface area contributed by atoms with E-state index in [1.54, 1.807) is 0 Å². The van der Waals surface area contributed by atoms with Crippen LogP contribution in [0.15, 0.2) is 17.5 Å². The second-order valence-electron chi connectivity index (χ2n) is 6.85. The Morgan fingerprint density at radius 2 is 2.26 bits per heavy atom. The van der Waals surface area contributed by atoms with E-state index in [2.05, 4.69) is 55.4 Å². The minimum absolute atomic E-state index is 0.339.